The number of benzene rings is 2. The number of amides is 1. The SMILES string of the molecule is CCNC(=O)c1ccc(N)c(Nc2ccccc2OC)c1. The summed E-state index contributed by atoms with van der Waals surface area (Å²) in [4.78, 5) is 11.9. The molecule has 0 saturated heterocycles. The molecule has 5 nitrogen and oxygen atoms in total. The molecule has 2 aromatic rings. The van der Waals surface area contributed by atoms with Gasteiger partial charge in [-0.1, -0.05) is 12.1 Å². The van der Waals surface area contributed by atoms with Gasteiger partial charge in [0.1, 0.15) is 5.75 Å². The molecule has 1 amide bonds. The molecule has 2 rings (SSSR count). The molecule has 110 valence electrons. The largest absolute Gasteiger partial charge is 0.495 e. The first-order chi connectivity index (χ1) is 10.2. The zero-order valence-corrected chi connectivity index (χ0v) is 12.1. The second-order valence-electron chi connectivity index (χ2n) is 4.49. The lowest BCUT2D eigenvalue weighted by atomic mass is 10.1. The number of ether oxygens (including phenoxy) is 1. The van der Waals surface area contributed by atoms with Gasteiger partial charge in [-0.2, -0.15) is 0 Å². The number of hydrogen-bond donors (Lipinski definition) is 3. The summed E-state index contributed by atoms with van der Waals surface area (Å²) in [5.41, 5.74) is 8.55. The van der Waals surface area contributed by atoms with Crippen LogP contribution in [-0.4, -0.2) is 19.6 Å². The van der Waals surface area contributed by atoms with E-state index in [4.69, 9.17) is 10.5 Å². The molecule has 0 aliphatic carbocycles. The zero-order chi connectivity index (χ0) is 15.2. The average Bonchev–Trinajstić information content (AvgIpc) is 2.50. The number of nitrogen functional groups attached to an aromatic ring is 1. The minimum atomic E-state index is -0.124. The molecule has 0 saturated carbocycles. The van der Waals surface area contributed by atoms with Crippen molar-refractivity contribution in [3.05, 3.63) is 48.0 Å². The van der Waals surface area contributed by atoms with Gasteiger partial charge >= 0.3 is 0 Å². The van der Waals surface area contributed by atoms with Crippen molar-refractivity contribution >= 4 is 23.0 Å². The van der Waals surface area contributed by atoms with Crippen LogP contribution < -0.4 is 21.1 Å². The lowest BCUT2D eigenvalue weighted by molar-refractivity contribution is 0.0956. The van der Waals surface area contributed by atoms with Crippen molar-refractivity contribution < 1.29 is 9.53 Å². The van der Waals surface area contributed by atoms with E-state index >= 15 is 0 Å². The summed E-state index contributed by atoms with van der Waals surface area (Å²) in [5.74, 6) is 0.584. The highest BCUT2D eigenvalue weighted by Gasteiger charge is 2.09. The van der Waals surface area contributed by atoms with Gasteiger partial charge in [0, 0.05) is 12.1 Å². The molecule has 4 N–H and O–H groups in total. The van der Waals surface area contributed by atoms with E-state index in [-0.39, 0.29) is 5.91 Å². The molecule has 0 spiro atoms. The number of methoxy groups -OCH3 is 1. The maximum absolute atomic E-state index is 11.9. The summed E-state index contributed by atoms with van der Waals surface area (Å²) in [6.45, 7) is 2.46. The molecule has 0 aliphatic rings. The Balaban J connectivity index is 2.31. The van der Waals surface area contributed by atoms with Gasteiger partial charge in [0.2, 0.25) is 0 Å². The highest BCUT2D eigenvalue weighted by molar-refractivity contribution is 5.96. The molecule has 0 bridgehead atoms. The van der Waals surface area contributed by atoms with Crippen LogP contribution in [0, 0.1) is 0 Å². The Morgan fingerprint density at radius 1 is 1.19 bits per heavy atom. The third-order valence-corrected chi connectivity index (χ3v) is 3.03. The summed E-state index contributed by atoms with van der Waals surface area (Å²) in [6, 6.07) is 12.7. The van der Waals surface area contributed by atoms with Crippen molar-refractivity contribution in [3.8, 4) is 5.75 Å². The standard InChI is InChI=1S/C16H19N3O2/c1-3-18-16(20)11-8-9-12(17)14(10-11)19-13-6-4-5-7-15(13)21-2/h4-10,19H,3,17H2,1-2H3,(H,18,20). The van der Waals surface area contributed by atoms with Crippen molar-refractivity contribution in [1.82, 2.24) is 5.32 Å². The van der Waals surface area contributed by atoms with E-state index in [2.05, 4.69) is 10.6 Å². The topological polar surface area (TPSA) is 76.4 Å². The van der Waals surface area contributed by atoms with Crippen molar-refractivity contribution in [1.29, 1.82) is 0 Å². The number of carbonyl (C=O) groups is 1. The molecule has 21 heavy (non-hydrogen) atoms. The number of nitrogens with one attached hydrogen (secondary N) is 2. The minimum absolute atomic E-state index is 0.124. The van der Waals surface area contributed by atoms with E-state index < -0.39 is 0 Å². The van der Waals surface area contributed by atoms with Gasteiger partial charge < -0.3 is 21.1 Å². The van der Waals surface area contributed by atoms with Gasteiger partial charge in [-0.15, -0.1) is 0 Å². The Morgan fingerprint density at radius 2 is 1.95 bits per heavy atom. The Bertz CT molecular complexity index is 641. The van der Waals surface area contributed by atoms with Crippen LogP contribution in [0.4, 0.5) is 17.1 Å². The minimum Gasteiger partial charge on any atom is -0.495 e. The third-order valence-electron chi connectivity index (χ3n) is 3.03. The number of anilines is 3. The Morgan fingerprint density at radius 3 is 2.67 bits per heavy atom. The molecule has 0 atom stereocenters. The highest BCUT2D eigenvalue weighted by Crippen LogP contribution is 2.30. The van der Waals surface area contributed by atoms with Gasteiger partial charge in [0.05, 0.1) is 24.2 Å². The fourth-order valence-corrected chi connectivity index (χ4v) is 1.96. The summed E-state index contributed by atoms with van der Waals surface area (Å²) < 4.78 is 5.29. The first kappa shape index (κ1) is 14.7. The first-order valence-electron chi connectivity index (χ1n) is 6.73. The smallest absolute Gasteiger partial charge is 0.251 e. The van der Waals surface area contributed by atoms with Crippen molar-refractivity contribution in [2.24, 2.45) is 0 Å². The van der Waals surface area contributed by atoms with Crippen LogP contribution >= 0.6 is 0 Å². The van der Waals surface area contributed by atoms with Gasteiger partial charge in [-0.25, -0.2) is 0 Å². The van der Waals surface area contributed by atoms with Crippen LogP contribution in [0.25, 0.3) is 0 Å². The van der Waals surface area contributed by atoms with Crippen molar-refractivity contribution in [3.63, 3.8) is 0 Å². The summed E-state index contributed by atoms with van der Waals surface area (Å²) in [6.07, 6.45) is 0. The molecule has 5 heteroatoms. The highest BCUT2D eigenvalue weighted by atomic mass is 16.5. The van der Waals surface area contributed by atoms with Gasteiger partial charge in [0.25, 0.3) is 5.91 Å². The lowest BCUT2D eigenvalue weighted by Gasteiger charge is -2.14. The van der Waals surface area contributed by atoms with E-state index in [9.17, 15) is 4.79 Å². The summed E-state index contributed by atoms with van der Waals surface area (Å²) in [5, 5.41) is 5.96. The van der Waals surface area contributed by atoms with E-state index in [1.165, 1.54) is 0 Å². The predicted octanol–water partition coefficient (Wildman–Crippen LogP) is 2.77. The zero-order valence-electron chi connectivity index (χ0n) is 12.1. The third kappa shape index (κ3) is 3.45. The molecular weight excluding hydrogens is 266 g/mol. The first-order valence-corrected chi connectivity index (χ1v) is 6.73. The quantitative estimate of drug-likeness (QED) is 0.738. The van der Waals surface area contributed by atoms with Gasteiger partial charge in [0.15, 0.2) is 0 Å². The van der Waals surface area contributed by atoms with Gasteiger partial charge in [-0.05, 0) is 37.3 Å². The van der Waals surface area contributed by atoms with E-state index in [1.54, 1.807) is 25.3 Å². The molecule has 0 radical (unpaired) electrons. The van der Waals surface area contributed by atoms with Crippen LogP contribution in [0.1, 0.15) is 17.3 Å². The summed E-state index contributed by atoms with van der Waals surface area (Å²) >= 11 is 0. The van der Waals surface area contributed by atoms with Crippen LogP contribution in [0.2, 0.25) is 0 Å². The lowest BCUT2D eigenvalue weighted by Crippen LogP contribution is -2.22. The Hall–Kier alpha value is -2.69. The number of rotatable bonds is 5. The van der Waals surface area contributed by atoms with Crippen molar-refractivity contribution in [2.75, 3.05) is 24.7 Å². The van der Waals surface area contributed by atoms with E-state index in [0.717, 1.165) is 5.69 Å². The van der Waals surface area contributed by atoms with Crippen molar-refractivity contribution in [2.45, 2.75) is 6.92 Å². The maximum atomic E-state index is 11.9. The number of para-hydroxylation sites is 2. The van der Waals surface area contributed by atoms with E-state index in [1.807, 2.05) is 31.2 Å². The number of carbonyl (C=O) groups excluding carboxylic acids is 1. The summed E-state index contributed by atoms with van der Waals surface area (Å²) in [7, 11) is 1.61. The normalized spacial score (nSPS) is 10.0. The van der Waals surface area contributed by atoms with Gasteiger partial charge in [-0.3, -0.25) is 4.79 Å². The molecule has 0 heterocycles. The van der Waals surface area contributed by atoms with E-state index in [0.29, 0.717) is 29.2 Å². The Labute approximate surface area is 124 Å². The molecular formula is C16H19N3O2. The van der Waals surface area contributed by atoms with Crippen LogP contribution in [0.5, 0.6) is 5.75 Å². The molecule has 0 fully saturated rings. The molecule has 0 aromatic heterocycles. The van der Waals surface area contributed by atoms with Crippen LogP contribution in [0.15, 0.2) is 42.5 Å². The number of nitrogens with two attached hydrogens (primary N) is 1. The van der Waals surface area contributed by atoms with Crippen LogP contribution in [-0.2, 0) is 0 Å². The average molecular weight is 285 g/mol. The number of hydrogen-bond acceptors (Lipinski definition) is 4. The predicted molar refractivity (Wildman–Crippen MR) is 85.1 cm³/mol. The molecule has 0 unspecified atom stereocenters. The fraction of sp³-hybridized carbons (Fsp3) is 0.188. The monoisotopic (exact) mass is 285 g/mol. The second kappa shape index (κ2) is 6.65. The molecule has 0 aliphatic heterocycles. The maximum Gasteiger partial charge on any atom is 0.251 e. The van der Waals surface area contributed by atoms with Crippen LogP contribution in [0.3, 0.4) is 0 Å². The fourth-order valence-electron chi connectivity index (χ4n) is 1.96. The Kier molecular flexibility index (Phi) is 4.66. The molecule has 2 aromatic carbocycles. The second-order valence-corrected chi connectivity index (χ2v) is 4.49.